The molecule has 0 aromatic carbocycles. The number of carbonyl (C=O) groups excluding carboxylic acids is 1. The molecule has 1 rings (SSSR count). The molecule has 0 aliphatic rings. The maximum Gasteiger partial charge on any atom is 1.00 e. The molecule has 0 saturated carbocycles. The molecule has 0 bridgehead atoms. The van der Waals surface area contributed by atoms with Crippen LogP contribution in [0.15, 0.2) is 23.2 Å². The van der Waals surface area contributed by atoms with Gasteiger partial charge >= 0.3 is 35.5 Å². The van der Waals surface area contributed by atoms with Crippen molar-refractivity contribution in [1.29, 1.82) is 0 Å². The average molecular weight is 367 g/mol. The minimum absolute atomic E-state index is 0. The van der Waals surface area contributed by atoms with Gasteiger partial charge in [-0.2, -0.15) is 0 Å². The first kappa shape index (κ1) is 23.5. The van der Waals surface area contributed by atoms with Gasteiger partial charge in [0, 0.05) is 30.8 Å². The van der Waals surface area contributed by atoms with Crippen molar-refractivity contribution in [2.24, 2.45) is 5.92 Å². The molecule has 0 radical (unpaired) electrons. The average Bonchev–Trinajstić information content (AvgIpc) is 2.51. The summed E-state index contributed by atoms with van der Waals surface area (Å²) in [6, 6.07) is 2.74. The summed E-state index contributed by atoms with van der Waals surface area (Å²) in [5.41, 5.74) is 0.634. The SMILES string of the molecule is CCC(CC(C)C(=O)OCCCO)c1ccc(S(=O)(=O)[O-])cn1.[Na+]. The van der Waals surface area contributed by atoms with Crippen LogP contribution in [0.3, 0.4) is 0 Å². The fourth-order valence-electron chi connectivity index (χ4n) is 2.18. The Labute approximate surface area is 164 Å². The Kier molecular flexibility index (Phi) is 10.9. The number of hydrogen-bond donors (Lipinski definition) is 1. The maximum atomic E-state index is 11.8. The summed E-state index contributed by atoms with van der Waals surface area (Å²) in [5.74, 6) is -0.724. The summed E-state index contributed by atoms with van der Waals surface area (Å²) in [6.07, 6.45) is 2.67. The summed E-state index contributed by atoms with van der Waals surface area (Å²) in [7, 11) is -4.51. The monoisotopic (exact) mass is 367 g/mol. The van der Waals surface area contributed by atoms with Crippen LogP contribution in [0.4, 0.5) is 0 Å². The Balaban J connectivity index is 0.00000529. The molecule has 1 N–H and O–H groups in total. The Hall–Kier alpha value is -0.510. The van der Waals surface area contributed by atoms with Crippen LogP contribution in [0.1, 0.15) is 44.7 Å². The first-order valence-electron chi connectivity index (χ1n) is 7.48. The van der Waals surface area contributed by atoms with Crippen LogP contribution in [-0.2, 0) is 19.6 Å². The fourth-order valence-corrected chi connectivity index (χ4v) is 2.60. The number of hydrogen-bond acceptors (Lipinski definition) is 7. The van der Waals surface area contributed by atoms with Gasteiger partial charge in [-0.15, -0.1) is 0 Å². The summed E-state index contributed by atoms with van der Waals surface area (Å²) in [4.78, 5) is 15.5. The molecule has 1 aromatic heterocycles. The third kappa shape index (κ3) is 7.58. The molecule has 9 heteroatoms. The summed E-state index contributed by atoms with van der Waals surface area (Å²) < 4.78 is 37.8. The van der Waals surface area contributed by atoms with E-state index in [9.17, 15) is 17.8 Å². The number of ether oxygens (including phenoxy) is 1. The second-order valence-corrected chi connectivity index (χ2v) is 6.74. The predicted octanol–water partition coefficient (Wildman–Crippen LogP) is -1.56. The van der Waals surface area contributed by atoms with Gasteiger partial charge < -0.3 is 14.4 Å². The summed E-state index contributed by atoms with van der Waals surface area (Å²) >= 11 is 0. The fraction of sp³-hybridized carbons (Fsp3) is 0.600. The van der Waals surface area contributed by atoms with E-state index in [4.69, 9.17) is 9.84 Å². The second kappa shape index (κ2) is 11.2. The summed E-state index contributed by atoms with van der Waals surface area (Å²) in [5, 5.41) is 8.66. The standard InChI is InChI=1S/C15H23NO6S.Na/c1-3-12(9-11(2)15(18)22-8-4-7-17)14-6-5-13(10-16-14)23(19,20)21;/h5-6,10-12,17H,3-4,7-9H2,1-2H3,(H,19,20,21);/q;+1/p-1. The van der Waals surface area contributed by atoms with E-state index in [-0.39, 0.29) is 65.5 Å². The van der Waals surface area contributed by atoms with Crippen molar-refractivity contribution in [2.45, 2.75) is 43.9 Å². The molecule has 7 nitrogen and oxygen atoms in total. The Morgan fingerprint density at radius 3 is 2.54 bits per heavy atom. The van der Waals surface area contributed by atoms with Crippen LogP contribution in [-0.4, -0.2) is 42.2 Å². The molecule has 0 amide bonds. The van der Waals surface area contributed by atoms with Crippen LogP contribution < -0.4 is 29.6 Å². The van der Waals surface area contributed by atoms with E-state index in [1.54, 1.807) is 6.92 Å². The van der Waals surface area contributed by atoms with Gasteiger partial charge in [0.2, 0.25) is 0 Å². The van der Waals surface area contributed by atoms with Crippen molar-refractivity contribution in [3.05, 3.63) is 24.0 Å². The third-order valence-corrected chi connectivity index (χ3v) is 4.37. The van der Waals surface area contributed by atoms with E-state index >= 15 is 0 Å². The second-order valence-electron chi connectivity index (χ2n) is 5.36. The molecule has 0 saturated heterocycles. The van der Waals surface area contributed by atoms with Crippen molar-refractivity contribution in [1.82, 2.24) is 4.98 Å². The van der Waals surface area contributed by atoms with E-state index in [0.29, 0.717) is 25.0 Å². The van der Waals surface area contributed by atoms with Gasteiger partial charge in [0.15, 0.2) is 0 Å². The number of nitrogens with zero attached hydrogens (tertiary/aromatic N) is 1. The first-order valence-corrected chi connectivity index (χ1v) is 8.89. The first-order chi connectivity index (χ1) is 10.8. The number of pyridine rings is 1. The minimum Gasteiger partial charge on any atom is -0.744 e. The van der Waals surface area contributed by atoms with Gasteiger partial charge in [-0.25, -0.2) is 8.42 Å². The van der Waals surface area contributed by atoms with Crippen LogP contribution in [0.2, 0.25) is 0 Å². The van der Waals surface area contributed by atoms with Crippen molar-refractivity contribution in [3.8, 4) is 0 Å². The zero-order valence-corrected chi connectivity index (χ0v) is 17.1. The number of esters is 1. The number of carbonyl (C=O) groups is 1. The van der Waals surface area contributed by atoms with Crippen LogP contribution in [0.25, 0.3) is 0 Å². The molecule has 24 heavy (non-hydrogen) atoms. The molecule has 130 valence electrons. The third-order valence-electron chi connectivity index (χ3n) is 3.55. The molecule has 0 fully saturated rings. The van der Waals surface area contributed by atoms with E-state index in [1.807, 2.05) is 6.92 Å². The number of aliphatic hydroxyl groups is 1. The van der Waals surface area contributed by atoms with Gasteiger partial charge in [0.05, 0.1) is 17.4 Å². The number of rotatable bonds is 9. The maximum absolute atomic E-state index is 11.8. The Morgan fingerprint density at radius 1 is 1.42 bits per heavy atom. The summed E-state index contributed by atoms with van der Waals surface area (Å²) in [6.45, 7) is 3.84. The normalized spacial score (nSPS) is 13.7. The molecule has 2 atom stereocenters. The number of aromatic nitrogens is 1. The van der Waals surface area contributed by atoms with Gasteiger partial charge in [-0.3, -0.25) is 9.78 Å². The largest absolute Gasteiger partial charge is 1.00 e. The van der Waals surface area contributed by atoms with Crippen LogP contribution in [0.5, 0.6) is 0 Å². The molecule has 2 unspecified atom stereocenters. The molecular weight excluding hydrogens is 345 g/mol. The van der Waals surface area contributed by atoms with E-state index < -0.39 is 10.1 Å². The Morgan fingerprint density at radius 2 is 2.08 bits per heavy atom. The topological polar surface area (TPSA) is 117 Å². The van der Waals surface area contributed by atoms with Gasteiger partial charge in [-0.05, 0) is 25.0 Å². The van der Waals surface area contributed by atoms with Crippen molar-refractivity contribution in [2.75, 3.05) is 13.2 Å². The van der Waals surface area contributed by atoms with Crippen molar-refractivity contribution >= 4 is 16.1 Å². The molecule has 1 aromatic rings. The van der Waals surface area contributed by atoms with Gasteiger partial charge in [0.1, 0.15) is 10.1 Å². The van der Waals surface area contributed by atoms with Crippen molar-refractivity contribution < 1.29 is 57.2 Å². The molecule has 0 aliphatic carbocycles. The van der Waals surface area contributed by atoms with Crippen LogP contribution in [0, 0.1) is 5.92 Å². The molecule has 0 aliphatic heterocycles. The number of aliphatic hydroxyl groups excluding tert-OH is 1. The smallest absolute Gasteiger partial charge is 0.744 e. The predicted molar refractivity (Wildman–Crippen MR) is 81.7 cm³/mol. The Bertz CT molecular complexity index is 605. The van der Waals surface area contributed by atoms with E-state index in [2.05, 4.69) is 4.98 Å². The van der Waals surface area contributed by atoms with E-state index in [0.717, 1.165) is 6.20 Å². The van der Waals surface area contributed by atoms with Gasteiger partial charge in [-0.1, -0.05) is 13.8 Å². The quantitative estimate of drug-likeness (QED) is 0.243. The molecule has 0 spiro atoms. The van der Waals surface area contributed by atoms with Crippen LogP contribution >= 0.6 is 0 Å². The molecule has 1 heterocycles. The zero-order valence-electron chi connectivity index (χ0n) is 14.3. The van der Waals surface area contributed by atoms with Crippen molar-refractivity contribution in [3.63, 3.8) is 0 Å². The minimum atomic E-state index is -4.51. The van der Waals surface area contributed by atoms with E-state index in [1.165, 1.54) is 12.1 Å². The van der Waals surface area contributed by atoms with Gasteiger partial charge in [0.25, 0.3) is 0 Å². The molecular formula is C15H22NNaO6S. The zero-order chi connectivity index (χ0) is 17.5.